The first-order chi connectivity index (χ1) is 6.57. The molecule has 2 nitrogen and oxygen atoms in total. The van der Waals surface area contributed by atoms with Gasteiger partial charge in [0.1, 0.15) is 0 Å². The van der Waals surface area contributed by atoms with Crippen molar-refractivity contribution in [1.29, 1.82) is 0 Å². The average Bonchev–Trinajstić information content (AvgIpc) is 2.15. The molecule has 0 unspecified atom stereocenters. The molecule has 0 fully saturated rings. The molecule has 0 aliphatic carbocycles. The second kappa shape index (κ2) is 4.91. The molecule has 14 heavy (non-hydrogen) atoms. The quantitative estimate of drug-likeness (QED) is 0.874. The van der Waals surface area contributed by atoms with Crippen molar-refractivity contribution in [3.05, 3.63) is 33.3 Å². The van der Waals surface area contributed by atoms with Gasteiger partial charge in [-0.25, -0.2) is 0 Å². The summed E-state index contributed by atoms with van der Waals surface area (Å²) in [6.45, 7) is 4.55. The van der Waals surface area contributed by atoms with Crippen molar-refractivity contribution in [1.82, 2.24) is 0 Å². The molecule has 1 aromatic rings. The third kappa shape index (κ3) is 2.35. The third-order valence-corrected chi connectivity index (χ3v) is 3.64. The first-order valence-corrected chi connectivity index (χ1v) is 5.51. The van der Waals surface area contributed by atoms with Crippen molar-refractivity contribution >= 4 is 15.9 Å². The molecule has 78 valence electrons. The van der Waals surface area contributed by atoms with Crippen molar-refractivity contribution in [2.45, 2.75) is 26.4 Å². The highest BCUT2D eigenvalue weighted by Gasteiger charge is 2.12. The maximum absolute atomic E-state index is 9.82. The van der Waals surface area contributed by atoms with E-state index in [1.165, 1.54) is 5.56 Å². The smallest absolute Gasteiger partial charge is 0.0805 e. The SMILES string of the molecule is Cc1ccc([C@@H](O)CCN)c(C)c1Br. The highest BCUT2D eigenvalue weighted by Crippen LogP contribution is 2.28. The number of hydrogen-bond donors (Lipinski definition) is 2. The van der Waals surface area contributed by atoms with Gasteiger partial charge in [-0.1, -0.05) is 28.1 Å². The van der Waals surface area contributed by atoms with Gasteiger partial charge in [0.2, 0.25) is 0 Å². The monoisotopic (exact) mass is 257 g/mol. The van der Waals surface area contributed by atoms with Crippen molar-refractivity contribution in [3.8, 4) is 0 Å². The van der Waals surface area contributed by atoms with Crippen molar-refractivity contribution < 1.29 is 5.11 Å². The summed E-state index contributed by atoms with van der Waals surface area (Å²) in [4.78, 5) is 0. The van der Waals surface area contributed by atoms with Gasteiger partial charge in [0.05, 0.1) is 6.10 Å². The van der Waals surface area contributed by atoms with Crippen LogP contribution in [0.25, 0.3) is 0 Å². The van der Waals surface area contributed by atoms with Crippen LogP contribution in [-0.4, -0.2) is 11.7 Å². The second-order valence-electron chi connectivity index (χ2n) is 3.50. The van der Waals surface area contributed by atoms with Crippen LogP contribution in [0, 0.1) is 13.8 Å². The lowest BCUT2D eigenvalue weighted by atomic mass is 9.99. The van der Waals surface area contributed by atoms with Gasteiger partial charge in [-0.3, -0.25) is 0 Å². The number of halogens is 1. The molecule has 0 aliphatic rings. The summed E-state index contributed by atoms with van der Waals surface area (Å²) in [6.07, 6.45) is 0.160. The van der Waals surface area contributed by atoms with Crippen molar-refractivity contribution in [2.75, 3.05) is 6.54 Å². The molecule has 1 atom stereocenters. The van der Waals surface area contributed by atoms with E-state index in [0.29, 0.717) is 13.0 Å². The van der Waals surface area contributed by atoms with Crippen molar-refractivity contribution in [2.24, 2.45) is 5.73 Å². The molecule has 0 spiro atoms. The van der Waals surface area contributed by atoms with Gasteiger partial charge in [-0.2, -0.15) is 0 Å². The van der Waals surface area contributed by atoms with E-state index < -0.39 is 6.10 Å². The zero-order valence-electron chi connectivity index (χ0n) is 8.55. The number of aliphatic hydroxyl groups excluding tert-OH is 1. The van der Waals surface area contributed by atoms with E-state index >= 15 is 0 Å². The predicted molar refractivity (Wildman–Crippen MR) is 62.2 cm³/mol. The Hall–Kier alpha value is -0.380. The summed E-state index contributed by atoms with van der Waals surface area (Å²) < 4.78 is 1.08. The van der Waals surface area contributed by atoms with Crippen molar-refractivity contribution in [3.63, 3.8) is 0 Å². The number of rotatable bonds is 3. The topological polar surface area (TPSA) is 46.2 Å². The molecule has 0 saturated carbocycles. The molecule has 1 aromatic carbocycles. The Balaban J connectivity index is 3.04. The summed E-state index contributed by atoms with van der Waals surface area (Å²) in [5.74, 6) is 0. The van der Waals surface area contributed by atoms with E-state index in [-0.39, 0.29) is 0 Å². The number of benzene rings is 1. The molecular weight excluding hydrogens is 242 g/mol. The summed E-state index contributed by atoms with van der Waals surface area (Å²) >= 11 is 3.51. The van der Waals surface area contributed by atoms with Gasteiger partial charge >= 0.3 is 0 Å². The zero-order chi connectivity index (χ0) is 10.7. The molecule has 3 heteroatoms. The highest BCUT2D eigenvalue weighted by atomic mass is 79.9. The van der Waals surface area contributed by atoms with Gasteiger partial charge in [0, 0.05) is 4.47 Å². The Labute approximate surface area is 93.3 Å². The molecule has 1 rings (SSSR count). The Bertz CT molecular complexity index is 325. The van der Waals surface area contributed by atoms with Gasteiger partial charge < -0.3 is 10.8 Å². The van der Waals surface area contributed by atoms with Crippen LogP contribution in [-0.2, 0) is 0 Å². The fourth-order valence-corrected chi connectivity index (χ4v) is 1.87. The van der Waals surface area contributed by atoms with Gasteiger partial charge in [0.15, 0.2) is 0 Å². The lowest BCUT2D eigenvalue weighted by molar-refractivity contribution is 0.169. The molecule has 0 aromatic heterocycles. The van der Waals surface area contributed by atoms with Crippen LogP contribution in [0.2, 0.25) is 0 Å². The van der Waals surface area contributed by atoms with E-state index in [1.807, 2.05) is 26.0 Å². The molecular formula is C11H16BrNO. The molecule has 0 aliphatic heterocycles. The minimum Gasteiger partial charge on any atom is -0.388 e. The fourth-order valence-electron chi connectivity index (χ4n) is 1.51. The number of hydrogen-bond acceptors (Lipinski definition) is 2. The first-order valence-electron chi connectivity index (χ1n) is 4.71. The fraction of sp³-hybridized carbons (Fsp3) is 0.455. The lowest BCUT2D eigenvalue weighted by Gasteiger charge is -2.15. The molecule has 0 bridgehead atoms. The van der Waals surface area contributed by atoms with Crippen LogP contribution < -0.4 is 5.73 Å². The standard InChI is InChI=1S/C11H16BrNO/c1-7-3-4-9(8(2)11(7)12)10(14)5-6-13/h3-4,10,14H,5-6,13H2,1-2H3/t10-/m0/s1. The maximum atomic E-state index is 9.82. The minimum absolute atomic E-state index is 0.447. The van der Waals surface area contributed by atoms with E-state index in [4.69, 9.17) is 5.73 Å². The van der Waals surface area contributed by atoms with Crippen LogP contribution in [0.15, 0.2) is 16.6 Å². The van der Waals surface area contributed by atoms with Gasteiger partial charge in [0.25, 0.3) is 0 Å². The Morgan fingerprint density at radius 2 is 2.07 bits per heavy atom. The number of nitrogens with two attached hydrogens (primary N) is 1. The van der Waals surface area contributed by atoms with Gasteiger partial charge in [-0.15, -0.1) is 0 Å². The number of aryl methyl sites for hydroxylation is 1. The summed E-state index contributed by atoms with van der Waals surface area (Å²) in [5, 5.41) is 9.82. The Kier molecular flexibility index (Phi) is 4.11. The summed E-state index contributed by atoms with van der Waals surface area (Å²) in [7, 11) is 0. The van der Waals surface area contributed by atoms with E-state index in [2.05, 4.69) is 15.9 Å². The average molecular weight is 258 g/mol. The van der Waals surface area contributed by atoms with Crippen LogP contribution in [0.1, 0.15) is 29.2 Å². The minimum atomic E-state index is -0.447. The Morgan fingerprint density at radius 3 is 2.64 bits per heavy atom. The largest absolute Gasteiger partial charge is 0.388 e. The molecule has 0 radical (unpaired) electrons. The summed E-state index contributed by atoms with van der Waals surface area (Å²) in [5.41, 5.74) is 8.67. The third-order valence-electron chi connectivity index (χ3n) is 2.42. The summed E-state index contributed by atoms with van der Waals surface area (Å²) in [6, 6.07) is 3.97. The zero-order valence-corrected chi connectivity index (χ0v) is 10.1. The second-order valence-corrected chi connectivity index (χ2v) is 4.30. The van der Waals surface area contributed by atoms with E-state index in [1.54, 1.807) is 0 Å². The molecule has 3 N–H and O–H groups in total. The number of aliphatic hydroxyl groups is 1. The van der Waals surface area contributed by atoms with Gasteiger partial charge in [-0.05, 0) is 43.5 Å². The molecule has 0 amide bonds. The highest BCUT2D eigenvalue weighted by molar-refractivity contribution is 9.10. The molecule has 0 saturated heterocycles. The first kappa shape index (κ1) is 11.7. The van der Waals surface area contributed by atoms with Crippen LogP contribution in [0.4, 0.5) is 0 Å². The van der Waals surface area contributed by atoms with E-state index in [9.17, 15) is 5.11 Å². The van der Waals surface area contributed by atoms with E-state index in [0.717, 1.165) is 15.6 Å². The van der Waals surface area contributed by atoms with Crippen LogP contribution >= 0.6 is 15.9 Å². The predicted octanol–water partition coefficient (Wildman–Crippen LogP) is 2.45. The lowest BCUT2D eigenvalue weighted by Crippen LogP contribution is -2.08. The Morgan fingerprint density at radius 1 is 1.43 bits per heavy atom. The van der Waals surface area contributed by atoms with Crippen LogP contribution in [0.3, 0.4) is 0 Å². The maximum Gasteiger partial charge on any atom is 0.0805 e. The molecule has 0 heterocycles. The van der Waals surface area contributed by atoms with Crippen LogP contribution in [0.5, 0.6) is 0 Å². The normalized spacial score (nSPS) is 12.9.